The maximum atomic E-state index is 9.86. The largest absolute Gasteiger partial charge is 0.465 e. The van der Waals surface area contributed by atoms with Gasteiger partial charge in [-0.05, 0) is 25.5 Å². The van der Waals surface area contributed by atoms with Crippen LogP contribution < -0.4 is 0 Å². The van der Waals surface area contributed by atoms with Gasteiger partial charge >= 0.3 is 0 Å². The Kier molecular flexibility index (Phi) is 4.80. The third-order valence-corrected chi connectivity index (χ3v) is 3.29. The van der Waals surface area contributed by atoms with Gasteiger partial charge in [-0.15, -0.1) is 0 Å². The smallest absolute Gasteiger partial charge is 0.118 e. The SMILES string of the molecule is CCCc1ccc(CN2C[C@H](OCC)[C@@H](O)C2)o1. The van der Waals surface area contributed by atoms with E-state index in [4.69, 9.17) is 9.15 Å². The molecule has 4 heteroatoms. The van der Waals surface area contributed by atoms with Crippen molar-refractivity contribution in [1.82, 2.24) is 4.90 Å². The molecule has 0 aromatic carbocycles. The van der Waals surface area contributed by atoms with E-state index in [1.807, 2.05) is 19.1 Å². The van der Waals surface area contributed by atoms with Gasteiger partial charge in [0.15, 0.2) is 0 Å². The number of aliphatic hydroxyl groups is 1. The van der Waals surface area contributed by atoms with Crippen LogP contribution >= 0.6 is 0 Å². The lowest BCUT2D eigenvalue weighted by Crippen LogP contribution is -2.26. The molecule has 18 heavy (non-hydrogen) atoms. The zero-order valence-corrected chi connectivity index (χ0v) is 11.3. The number of ether oxygens (including phenoxy) is 1. The molecule has 1 fully saturated rings. The van der Waals surface area contributed by atoms with Crippen molar-refractivity contribution in [1.29, 1.82) is 0 Å². The van der Waals surface area contributed by atoms with Crippen LogP contribution in [0.2, 0.25) is 0 Å². The van der Waals surface area contributed by atoms with E-state index in [2.05, 4.69) is 11.8 Å². The van der Waals surface area contributed by atoms with Crippen molar-refractivity contribution in [3.8, 4) is 0 Å². The van der Waals surface area contributed by atoms with Crippen molar-refractivity contribution in [3.63, 3.8) is 0 Å². The molecule has 0 saturated carbocycles. The Morgan fingerprint density at radius 1 is 1.33 bits per heavy atom. The van der Waals surface area contributed by atoms with E-state index in [-0.39, 0.29) is 12.2 Å². The summed E-state index contributed by atoms with van der Waals surface area (Å²) in [5.41, 5.74) is 0. The van der Waals surface area contributed by atoms with Gasteiger partial charge in [0.25, 0.3) is 0 Å². The van der Waals surface area contributed by atoms with Crippen LogP contribution in [0.4, 0.5) is 0 Å². The molecule has 1 aliphatic rings. The molecule has 1 saturated heterocycles. The highest BCUT2D eigenvalue weighted by Gasteiger charge is 2.31. The van der Waals surface area contributed by atoms with Crippen molar-refractivity contribution in [2.75, 3.05) is 19.7 Å². The number of β-amino-alcohol motifs (C(OH)–C–C–N with tert-alkyl or cyclic N) is 1. The predicted octanol–water partition coefficient (Wildman–Crippen LogP) is 1.81. The number of aliphatic hydroxyl groups excluding tert-OH is 1. The average molecular weight is 253 g/mol. The lowest BCUT2D eigenvalue weighted by atomic mass is 10.3. The van der Waals surface area contributed by atoms with Crippen LogP contribution in [-0.2, 0) is 17.7 Å². The number of rotatable bonds is 6. The first-order chi connectivity index (χ1) is 8.72. The summed E-state index contributed by atoms with van der Waals surface area (Å²) in [5, 5.41) is 9.86. The van der Waals surface area contributed by atoms with Gasteiger partial charge in [0.1, 0.15) is 11.5 Å². The van der Waals surface area contributed by atoms with E-state index < -0.39 is 0 Å². The first-order valence-corrected chi connectivity index (χ1v) is 6.82. The van der Waals surface area contributed by atoms with Gasteiger partial charge in [0.2, 0.25) is 0 Å². The first kappa shape index (κ1) is 13.6. The van der Waals surface area contributed by atoms with E-state index in [0.29, 0.717) is 13.2 Å². The van der Waals surface area contributed by atoms with Gasteiger partial charge in [0.05, 0.1) is 18.8 Å². The molecule has 4 nitrogen and oxygen atoms in total. The van der Waals surface area contributed by atoms with Crippen LogP contribution in [0.15, 0.2) is 16.5 Å². The summed E-state index contributed by atoms with van der Waals surface area (Å²) in [6, 6.07) is 4.08. The van der Waals surface area contributed by atoms with Crippen LogP contribution in [0.1, 0.15) is 31.8 Å². The molecule has 0 bridgehead atoms. The lowest BCUT2D eigenvalue weighted by molar-refractivity contribution is -0.00247. The van der Waals surface area contributed by atoms with Crippen LogP contribution in [0.5, 0.6) is 0 Å². The Hall–Kier alpha value is -0.840. The highest BCUT2D eigenvalue weighted by Crippen LogP contribution is 2.18. The molecule has 1 aliphatic heterocycles. The molecular weight excluding hydrogens is 230 g/mol. The Labute approximate surface area is 109 Å². The average Bonchev–Trinajstić information content (AvgIpc) is 2.89. The predicted molar refractivity (Wildman–Crippen MR) is 69.4 cm³/mol. The number of nitrogens with zero attached hydrogens (tertiary/aromatic N) is 1. The second-order valence-electron chi connectivity index (χ2n) is 4.87. The van der Waals surface area contributed by atoms with Crippen LogP contribution in [-0.4, -0.2) is 41.9 Å². The molecule has 1 N–H and O–H groups in total. The highest BCUT2D eigenvalue weighted by atomic mass is 16.5. The first-order valence-electron chi connectivity index (χ1n) is 6.82. The molecule has 0 radical (unpaired) electrons. The lowest BCUT2D eigenvalue weighted by Gasteiger charge is -2.14. The third-order valence-electron chi connectivity index (χ3n) is 3.29. The van der Waals surface area contributed by atoms with Crippen LogP contribution in [0.3, 0.4) is 0 Å². The standard InChI is InChI=1S/C14H23NO3/c1-3-5-11-6-7-12(18-11)8-15-9-13(16)14(10-15)17-4-2/h6-7,13-14,16H,3-5,8-10H2,1-2H3/t13-,14-/m0/s1. The highest BCUT2D eigenvalue weighted by molar-refractivity contribution is 5.07. The quantitative estimate of drug-likeness (QED) is 0.840. The van der Waals surface area contributed by atoms with E-state index in [0.717, 1.165) is 37.5 Å². The van der Waals surface area contributed by atoms with Crippen molar-refractivity contribution in [2.24, 2.45) is 0 Å². The number of furan rings is 1. The van der Waals surface area contributed by atoms with Gasteiger partial charge < -0.3 is 14.3 Å². The summed E-state index contributed by atoms with van der Waals surface area (Å²) >= 11 is 0. The zero-order chi connectivity index (χ0) is 13.0. The summed E-state index contributed by atoms with van der Waals surface area (Å²) in [5.74, 6) is 2.02. The summed E-state index contributed by atoms with van der Waals surface area (Å²) in [6.07, 6.45) is 1.65. The molecule has 102 valence electrons. The Bertz CT molecular complexity index is 364. The summed E-state index contributed by atoms with van der Waals surface area (Å²) in [7, 11) is 0. The van der Waals surface area contributed by atoms with Crippen molar-refractivity contribution in [3.05, 3.63) is 23.7 Å². The van der Waals surface area contributed by atoms with Gasteiger partial charge in [-0.2, -0.15) is 0 Å². The Balaban J connectivity index is 1.86. The number of aryl methyl sites for hydroxylation is 1. The van der Waals surface area contributed by atoms with Gasteiger partial charge in [0, 0.05) is 26.1 Å². The molecule has 0 spiro atoms. The molecule has 2 rings (SSSR count). The summed E-state index contributed by atoms with van der Waals surface area (Å²) in [4.78, 5) is 2.18. The second kappa shape index (κ2) is 6.36. The van der Waals surface area contributed by atoms with E-state index >= 15 is 0 Å². The minimum Gasteiger partial charge on any atom is -0.465 e. The minimum atomic E-state index is -0.380. The van der Waals surface area contributed by atoms with Gasteiger partial charge in [-0.1, -0.05) is 6.92 Å². The molecule has 2 atom stereocenters. The second-order valence-corrected chi connectivity index (χ2v) is 4.87. The Morgan fingerprint density at radius 3 is 2.83 bits per heavy atom. The fraction of sp³-hybridized carbons (Fsp3) is 0.714. The molecule has 0 unspecified atom stereocenters. The van der Waals surface area contributed by atoms with Crippen molar-refractivity contribution >= 4 is 0 Å². The molecule has 2 heterocycles. The van der Waals surface area contributed by atoms with E-state index in [9.17, 15) is 5.11 Å². The molecule has 1 aromatic rings. The number of hydrogen-bond donors (Lipinski definition) is 1. The molecular formula is C14H23NO3. The summed E-state index contributed by atoms with van der Waals surface area (Å²) in [6.45, 7) is 6.94. The molecule has 0 amide bonds. The van der Waals surface area contributed by atoms with Crippen molar-refractivity contribution < 1.29 is 14.3 Å². The fourth-order valence-corrected chi connectivity index (χ4v) is 2.45. The molecule has 0 aliphatic carbocycles. The maximum Gasteiger partial charge on any atom is 0.118 e. The zero-order valence-electron chi connectivity index (χ0n) is 11.3. The van der Waals surface area contributed by atoms with Gasteiger partial charge in [-0.3, -0.25) is 4.90 Å². The van der Waals surface area contributed by atoms with Gasteiger partial charge in [-0.25, -0.2) is 0 Å². The fourth-order valence-electron chi connectivity index (χ4n) is 2.45. The van der Waals surface area contributed by atoms with Crippen molar-refractivity contribution in [2.45, 2.75) is 45.4 Å². The normalized spacial score (nSPS) is 24.8. The van der Waals surface area contributed by atoms with Crippen LogP contribution in [0.25, 0.3) is 0 Å². The summed E-state index contributed by atoms with van der Waals surface area (Å²) < 4.78 is 11.3. The maximum absolute atomic E-state index is 9.86. The molecule has 1 aromatic heterocycles. The topological polar surface area (TPSA) is 45.8 Å². The number of hydrogen-bond acceptors (Lipinski definition) is 4. The minimum absolute atomic E-state index is 0.0555. The number of likely N-dealkylation sites (tertiary alicyclic amines) is 1. The Morgan fingerprint density at radius 2 is 2.11 bits per heavy atom. The monoisotopic (exact) mass is 253 g/mol. The van der Waals surface area contributed by atoms with E-state index in [1.165, 1.54) is 0 Å². The van der Waals surface area contributed by atoms with Crippen LogP contribution in [0, 0.1) is 0 Å². The third kappa shape index (κ3) is 3.34. The van der Waals surface area contributed by atoms with E-state index in [1.54, 1.807) is 0 Å².